The number of rotatable bonds is 1. The van der Waals surface area contributed by atoms with Crippen LogP contribution in [0.4, 0.5) is 5.69 Å². The van der Waals surface area contributed by atoms with Crippen LogP contribution < -0.4 is 5.32 Å². The molecule has 1 unspecified atom stereocenters. The van der Waals surface area contributed by atoms with E-state index in [1.807, 2.05) is 0 Å². The molecule has 0 aliphatic carbocycles. The molecule has 0 bridgehead atoms. The molecular formula is C10H13NO. The number of nitrogens with one attached hydrogen (secondary N) is 1. The van der Waals surface area contributed by atoms with Crippen LogP contribution in [0.5, 0.6) is 0 Å². The van der Waals surface area contributed by atoms with Crippen molar-refractivity contribution in [1.29, 1.82) is 0 Å². The van der Waals surface area contributed by atoms with Gasteiger partial charge in [0.1, 0.15) is 0 Å². The lowest BCUT2D eigenvalue weighted by atomic mass is 10.1. The van der Waals surface area contributed by atoms with Crippen molar-refractivity contribution in [2.75, 3.05) is 11.9 Å². The van der Waals surface area contributed by atoms with Crippen molar-refractivity contribution in [3.05, 3.63) is 29.3 Å². The fourth-order valence-corrected chi connectivity index (χ4v) is 1.65. The third-order valence-corrected chi connectivity index (χ3v) is 2.31. The quantitative estimate of drug-likeness (QED) is 0.654. The van der Waals surface area contributed by atoms with Crippen LogP contribution in [0.2, 0.25) is 0 Å². The summed E-state index contributed by atoms with van der Waals surface area (Å²) in [6.45, 7) is 2.29. The molecule has 1 aliphatic rings. The molecule has 2 rings (SSSR count). The van der Waals surface area contributed by atoms with Crippen LogP contribution in [0.1, 0.15) is 11.1 Å². The molecule has 0 saturated heterocycles. The fraction of sp³-hybridized carbons (Fsp3) is 0.400. The molecule has 0 aromatic heterocycles. The van der Waals surface area contributed by atoms with Gasteiger partial charge in [-0.25, -0.2) is 0 Å². The number of hydrogen-bond donors (Lipinski definition) is 2. The Balaban J connectivity index is 2.30. The van der Waals surface area contributed by atoms with E-state index in [9.17, 15) is 0 Å². The van der Waals surface area contributed by atoms with Crippen molar-refractivity contribution >= 4 is 5.69 Å². The Morgan fingerprint density at radius 3 is 3.17 bits per heavy atom. The Kier molecular flexibility index (Phi) is 1.77. The number of hydrogen-bond acceptors (Lipinski definition) is 2. The van der Waals surface area contributed by atoms with Gasteiger partial charge in [-0.2, -0.15) is 0 Å². The van der Waals surface area contributed by atoms with Gasteiger partial charge < -0.3 is 10.4 Å². The first-order chi connectivity index (χ1) is 5.79. The van der Waals surface area contributed by atoms with E-state index in [4.69, 9.17) is 5.11 Å². The Hall–Kier alpha value is -1.02. The minimum Gasteiger partial charge on any atom is -0.394 e. The highest BCUT2D eigenvalue weighted by Gasteiger charge is 2.18. The van der Waals surface area contributed by atoms with E-state index >= 15 is 0 Å². The average molecular weight is 163 g/mol. The smallest absolute Gasteiger partial charge is 0.0636 e. The maximum absolute atomic E-state index is 8.94. The third-order valence-electron chi connectivity index (χ3n) is 2.31. The van der Waals surface area contributed by atoms with E-state index in [1.165, 1.54) is 16.8 Å². The summed E-state index contributed by atoms with van der Waals surface area (Å²) >= 11 is 0. The van der Waals surface area contributed by atoms with E-state index in [-0.39, 0.29) is 12.6 Å². The Bertz CT molecular complexity index is 296. The number of anilines is 1. The zero-order chi connectivity index (χ0) is 8.55. The number of aliphatic hydroxyl groups is 1. The Morgan fingerprint density at radius 2 is 2.42 bits per heavy atom. The molecule has 0 spiro atoms. The van der Waals surface area contributed by atoms with Crippen LogP contribution in [0.25, 0.3) is 0 Å². The molecule has 2 heteroatoms. The lowest BCUT2D eigenvalue weighted by molar-refractivity contribution is 0.277. The SMILES string of the molecule is Cc1ccc2c(c1)NC(CO)C2. The Morgan fingerprint density at radius 1 is 1.58 bits per heavy atom. The molecule has 1 aromatic rings. The maximum Gasteiger partial charge on any atom is 0.0636 e. The highest BCUT2D eigenvalue weighted by Crippen LogP contribution is 2.26. The van der Waals surface area contributed by atoms with E-state index in [0.717, 1.165) is 6.42 Å². The van der Waals surface area contributed by atoms with Crippen molar-refractivity contribution in [3.63, 3.8) is 0 Å². The summed E-state index contributed by atoms with van der Waals surface area (Å²) in [4.78, 5) is 0. The van der Waals surface area contributed by atoms with E-state index < -0.39 is 0 Å². The van der Waals surface area contributed by atoms with E-state index in [1.54, 1.807) is 0 Å². The van der Waals surface area contributed by atoms with Crippen molar-refractivity contribution < 1.29 is 5.11 Å². The normalized spacial score (nSPS) is 20.3. The van der Waals surface area contributed by atoms with Gasteiger partial charge in [0.25, 0.3) is 0 Å². The zero-order valence-electron chi connectivity index (χ0n) is 7.17. The predicted molar refractivity (Wildman–Crippen MR) is 49.4 cm³/mol. The molecule has 12 heavy (non-hydrogen) atoms. The monoisotopic (exact) mass is 163 g/mol. The van der Waals surface area contributed by atoms with Crippen molar-refractivity contribution in [2.24, 2.45) is 0 Å². The number of aliphatic hydroxyl groups excluding tert-OH is 1. The summed E-state index contributed by atoms with van der Waals surface area (Å²) in [6, 6.07) is 6.60. The van der Waals surface area contributed by atoms with E-state index in [2.05, 4.69) is 30.4 Å². The second-order valence-corrected chi connectivity index (χ2v) is 3.39. The number of fused-ring (bicyclic) bond motifs is 1. The zero-order valence-corrected chi connectivity index (χ0v) is 7.17. The first-order valence-electron chi connectivity index (χ1n) is 4.26. The highest BCUT2D eigenvalue weighted by atomic mass is 16.3. The molecule has 0 saturated carbocycles. The first-order valence-corrected chi connectivity index (χ1v) is 4.26. The van der Waals surface area contributed by atoms with Crippen molar-refractivity contribution in [1.82, 2.24) is 0 Å². The molecular weight excluding hydrogens is 150 g/mol. The minimum absolute atomic E-state index is 0.216. The van der Waals surface area contributed by atoms with Gasteiger partial charge >= 0.3 is 0 Å². The lowest BCUT2D eigenvalue weighted by Gasteiger charge is -2.05. The molecule has 2 nitrogen and oxygen atoms in total. The van der Waals surface area contributed by atoms with Crippen LogP contribution >= 0.6 is 0 Å². The minimum atomic E-state index is 0.216. The van der Waals surface area contributed by atoms with Gasteiger partial charge in [-0.3, -0.25) is 0 Å². The van der Waals surface area contributed by atoms with Gasteiger partial charge in [-0.05, 0) is 30.5 Å². The van der Waals surface area contributed by atoms with Crippen LogP contribution in [0.15, 0.2) is 18.2 Å². The van der Waals surface area contributed by atoms with E-state index in [0.29, 0.717) is 0 Å². The van der Waals surface area contributed by atoms with Gasteiger partial charge in [0, 0.05) is 5.69 Å². The molecule has 0 fully saturated rings. The van der Waals surface area contributed by atoms with Crippen LogP contribution in [-0.2, 0) is 6.42 Å². The summed E-state index contributed by atoms with van der Waals surface area (Å²) in [7, 11) is 0. The summed E-state index contributed by atoms with van der Waals surface area (Å²) < 4.78 is 0. The van der Waals surface area contributed by atoms with Gasteiger partial charge in [0.05, 0.1) is 12.6 Å². The largest absolute Gasteiger partial charge is 0.394 e. The van der Waals surface area contributed by atoms with Gasteiger partial charge in [-0.1, -0.05) is 12.1 Å². The predicted octanol–water partition coefficient (Wildman–Crippen LogP) is 1.32. The molecule has 1 atom stereocenters. The lowest BCUT2D eigenvalue weighted by Crippen LogP contribution is -2.19. The Labute approximate surface area is 72.2 Å². The highest BCUT2D eigenvalue weighted by molar-refractivity contribution is 5.58. The van der Waals surface area contributed by atoms with Crippen LogP contribution in [-0.4, -0.2) is 17.8 Å². The van der Waals surface area contributed by atoms with Gasteiger partial charge in [0.15, 0.2) is 0 Å². The standard InChI is InChI=1S/C10H13NO/c1-7-2-3-8-5-9(6-12)11-10(8)4-7/h2-4,9,11-12H,5-6H2,1H3. The molecule has 2 N–H and O–H groups in total. The topological polar surface area (TPSA) is 32.3 Å². The second kappa shape index (κ2) is 2.79. The maximum atomic E-state index is 8.94. The van der Waals surface area contributed by atoms with Crippen molar-refractivity contribution in [3.8, 4) is 0 Å². The molecule has 1 aromatic carbocycles. The summed E-state index contributed by atoms with van der Waals surface area (Å²) in [5.41, 5.74) is 3.77. The molecule has 0 radical (unpaired) electrons. The first kappa shape index (κ1) is 7.62. The summed E-state index contributed by atoms with van der Waals surface area (Å²) in [6.07, 6.45) is 0.951. The average Bonchev–Trinajstić information content (AvgIpc) is 2.46. The number of benzene rings is 1. The summed E-state index contributed by atoms with van der Waals surface area (Å²) in [5, 5.41) is 12.2. The molecule has 64 valence electrons. The third kappa shape index (κ3) is 1.18. The fourth-order valence-electron chi connectivity index (χ4n) is 1.65. The molecule has 1 heterocycles. The van der Waals surface area contributed by atoms with Gasteiger partial charge in [-0.15, -0.1) is 0 Å². The van der Waals surface area contributed by atoms with Crippen LogP contribution in [0, 0.1) is 6.92 Å². The second-order valence-electron chi connectivity index (χ2n) is 3.39. The molecule has 1 aliphatic heterocycles. The van der Waals surface area contributed by atoms with Gasteiger partial charge in [0.2, 0.25) is 0 Å². The van der Waals surface area contributed by atoms with Crippen molar-refractivity contribution in [2.45, 2.75) is 19.4 Å². The van der Waals surface area contributed by atoms with Crippen LogP contribution in [0.3, 0.4) is 0 Å². The number of aryl methyl sites for hydroxylation is 1. The molecule has 0 amide bonds. The summed E-state index contributed by atoms with van der Waals surface area (Å²) in [5.74, 6) is 0.